The van der Waals surface area contributed by atoms with Gasteiger partial charge in [-0.2, -0.15) is 4.98 Å². The number of anilines is 3. The van der Waals surface area contributed by atoms with Crippen LogP contribution in [-0.4, -0.2) is 44.1 Å². The van der Waals surface area contributed by atoms with Gasteiger partial charge in [-0.15, -0.1) is 0 Å². The van der Waals surface area contributed by atoms with E-state index in [2.05, 4.69) is 25.9 Å². The van der Waals surface area contributed by atoms with Crippen molar-refractivity contribution in [3.63, 3.8) is 0 Å². The van der Waals surface area contributed by atoms with E-state index in [0.29, 0.717) is 17.6 Å². The third-order valence-corrected chi connectivity index (χ3v) is 5.20. The second-order valence-electron chi connectivity index (χ2n) is 6.25. The molecule has 0 aliphatic heterocycles. The second kappa shape index (κ2) is 7.28. The zero-order chi connectivity index (χ0) is 18.7. The zero-order valence-electron chi connectivity index (χ0n) is 14.6. The Balaban J connectivity index is 1.96. The molecule has 0 bridgehead atoms. The quantitative estimate of drug-likeness (QED) is 0.676. The Labute approximate surface area is 152 Å². The summed E-state index contributed by atoms with van der Waals surface area (Å²) in [6.45, 7) is 0.776. The van der Waals surface area contributed by atoms with E-state index < -0.39 is 9.84 Å². The van der Waals surface area contributed by atoms with E-state index >= 15 is 0 Å². The first-order chi connectivity index (χ1) is 12.4. The van der Waals surface area contributed by atoms with E-state index in [0.717, 1.165) is 12.8 Å². The molecule has 1 aliphatic carbocycles. The molecular weight excluding hydrogens is 354 g/mol. The molecule has 1 aliphatic rings. The lowest BCUT2D eigenvalue weighted by molar-refractivity contribution is 0.0963. The van der Waals surface area contributed by atoms with Crippen LogP contribution in [0.15, 0.2) is 35.4 Å². The Kier molecular flexibility index (Phi) is 5.08. The van der Waals surface area contributed by atoms with Crippen LogP contribution in [0.1, 0.15) is 23.2 Å². The van der Waals surface area contributed by atoms with Gasteiger partial charge in [0.15, 0.2) is 9.84 Å². The minimum Gasteiger partial charge on any atom is -0.355 e. The predicted octanol–water partition coefficient (Wildman–Crippen LogP) is 1.81. The van der Waals surface area contributed by atoms with Crippen molar-refractivity contribution in [2.24, 2.45) is 5.92 Å². The number of benzene rings is 1. The minimum absolute atomic E-state index is 0.133. The predicted molar refractivity (Wildman–Crippen MR) is 99.5 cm³/mol. The molecule has 3 rings (SSSR count). The lowest BCUT2D eigenvalue weighted by atomic mass is 10.2. The summed E-state index contributed by atoms with van der Waals surface area (Å²) in [7, 11) is -1.93. The Bertz CT molecular complexity index is 926. The molecule has 1 amide bonds. The molecule has 0 radical (unpaired) electrons. The van der Waals surface area contributed by atoms with Crippen LogP contribution in [0.2, 0.25) is 0 Å². The number of hydrogen-bond acceptors (Lipinski definition) is 7. The van der Waals surface area contributed by atoms with Crippen LogP contribution in [0.25, 0.3) is 0 Å². The van der Waals surface area contributed by atoms with E-state index in [1.54, 1.807) is 18.2 Å². The van der Waals surface area contributed by atoms with Crippen molar-refractivity contribution in [1.82, 2.24) is 15.3 Å². The summed E-state index contributed by atoms with van der Waals surface area (Å²) in [4.78, 5) is 20.8. The third-order valence-electron chi connectivity index (χ3n) is 4.05. The standard InChI is InChI=1S/C17H21N5O3S/c1-18-16(23)12-10-20-17(19-9-11-7-8-11)22-15(12)21-13-5-3-4-6-14(13)26(2,24)25/h3-6,10-11H,7-9H2,1-2H3,(H,18,23)(H2,19,20,21,22). The highest BCUT2D eigenvalue weighted by molar-refractivity contribution is 7.90. The molecule has 1 aromatic carbocycles. The van der Waals surface area contributed by atoms with Crippen LogP contribution >= 0.6 is 0 Å². The van der Waals surface area contributed by atoms with Crippen molar-refractivity contribution in [2.75, 3.05) is 30.5 Å². The first-order valence-corrected chi connectivity index (χ1v) is 10.2. The van der Waals surface area contributed by atoms with Gasteiger partial charge in [0, 0.05) is 26.0 Å². The number of para-hydroxylation sites is 1. The average molecular weight is 375 g/mol. The van der Waals surface area contributed by atoms with Crippen LogP contribution in [0.4, 0.5) is 17.5 Å². The fourth-order valence-corrected chi connectivity index (χ4v) is 3.29. The molecule has 2 aromatic rings. The summed E-state index contributed by atoms with van der Waals surface area (Å²) in [6.07, 6.45) is 4.94. The maximum atomic E-state index is 12.1. The molecule has 0 unspecified atom stereocenters. The van der Waals surface area contributed by atoms with Crippen LogP contribution < -0.4 is 16.0 Å². The van der Waals surface area contributed by atoms with E-state index in [1.165, 1.54) is 32.2 Å². The summed E-state index contributed by atoms with van der Waals surface area (Å²) in [5.41, 5.74) is 0.583. The van der Waals surface area contributed by atoms with Crippen LogP contribution in [0, 0.1) is 5.92 Å². The van der Waals surface area contributed by atoms with Gasteiger partial charge < -0.3 is 16.0 Å². The molecule has 1 saturated carbocycles. The SMILES string of the molecule is CNC(=O)c1cnc(NCC2CC2)nc1Nc1ccccc1S(C)(=O)=O. The molecule has 0 atom stereocenters. The summed E-state index contributed by atoms with van der Waals surface area (Å²) in [5, 5.41) is 8.66. The Morgan fingerprint density at radius 2 is 2.00 bits per heavy atom. The Hall–Kier alpha value is -2.68. The fraction of sp³-hybridized carbons (Fsp3) is 0.353. The smallest absolute Gasteiger partial charge is 0.256 e. The summed E-state index contributed by atoms with van der Waals surface area (Å²) in [5.74, 6) is 0.912. The lowest BCUT2D eigenvalue weighted by Gasteiger charge is -2.14. The highest BCUT2D eigenvalue weighted by atomic mass is 32.2. The number of nitrogens with one attached hydrogen (secondary N) is 3. The van der Waals surface area contributed by atoms with Gasteiger partial charge in [-0.1, -0.05) is 12.1 Å². The van der Waals surface area contributed by atoms with Crippen LogP contribution in [-0.2, 0) is 9.84 Å². The number of rotatable bonds is 7. The average Bonchev–Trinajstić information content (AvgIpc) is 3.43. The molecule has 8 nitrogen and oxygen atoms in total. The van der Waals surface area contributed by atoms with Crippen LogP contribution in [0.3, 0.4) is 0 Å². The second-order valence-corrected chi connectivity index (χ2v) is 8.24. The Morgan fingerprint density at radius 1 is 1.27 bits per heavy atom. The highest BCUT2D eigenvalue weighted by Crippen LogP contribution is 2.29. The maximum Gasteiger partial charge on any atom is 0.256 e. The first-order valence-electron chi connectivity index (χ1n) is 8.27. The van der Waals surface area contributed by atoms with E-state index in [9.17, 15) is 13.2 Å². The van der Waals surface area contributed by atoms with Crippen molar-refractivity contribution in [1.29, 1.82) is 0 Å². The van der Waals surface area contributed by atoms with Crippen molar-refractivity contribution >= 4 is 33.2 Å². The zero-order valence-corrected chi connectivity index (χ0v) is 15.4. The van der Waals surface area contributed by atoms with Gasteiger partial charge in [-0.05, 0) is 30.9 Å². The van der Waals surface area contributed by atoms with Gasteiger partial charge in [0.1, 0.15) is 11.4 Å². The maximum absolute atomic E-state index is 12.1. The fourth-order valence-electron chi connectivity index (χ4n) is 2.44. The normalized spacial score (nSPS) is 13.9. The Morgan fingerprint density at radius 3 is 2.65 bits per heavy atom. The van der Waals surface area contributed by atoms with Gasteiger partial charge in [-0.3, -0.25) is 4.79 Å². The number of carbonyl (C=O) groups excluding carboxylic acids is 1. The van der Waals surface area contributed by atoms with Gasteiger partial charge in [0.25, 0.3) is 5.91 Å². The molecule has 9 heteroatoms. The summed E-state index contributed by atoms with van der Waals surface area (Å²) >= 11 is 0. The number of aromatic nitrogens is 2. The summed E-state index contributed by atoms with van der Waals surface area (Å²) in [6, 6.07) is 6.49. The van der Waals surface area contributed by atoms with Crippen molar-refractivity contribution in [3.05, 3.63) is 36.0 Å². The topological polar surface area (TPSA) is 113 Å². The minimum atomic E-state index is -3.44. The number of amides is 1. The molecule has 1 aromatic heterocycles. The number of carbonyl (C=O) groups is 1. The molecule has 1 fully saturated rings. The molecule has 0 saturated heterocycles. The molecule has 26 heavy (non-hydrogen) atoms. The number of hydrogen-bond donors (Lipinski definition) is 3. The largest absolute Gasteiger partial charge is 0.355 e. The van der Waals surface area contributed by atoms with E-state index in [-0.39, 0.29) is 22.2 Å². The summed E-state index contributed by atoms with van der Waals surface area (Å²) < 4.78 is 24.0. The monoisotopic (exact) mass is 375 g/mol. The van der Waals surface area contributed by atoms with Crippen molar-refractivity contribution in [2.45, 2.75) is 17.7 Å². The number of nitrogens with zero attached hydrogens (tertiary/aromatic N) is 2. The highest BCUT2D eigenvalue weighted by Gasteiger charge is 2.22. The third kappa shape index (κ3) is 4.29. The molecule has 0 spiro atoms. The van der Waals surface area contributed by atoms with Gasteiger partial charge in [-0.25, -0.2) is 13.4 Å². The molecular formula is C17H21N5O3S. The molecule has 1 heterocycles. The first kappa shape index (κ1) is 18.1. The molecule has 3 N–H and O–H groups in total. The number of sulfone groups is 1. The van der Waals surface area contributed by atoms with E-state index in [4.69, 9.17) is 0 Å². The van der Waals surface area contributed by atoms with Gasteiger partial charge >= 0.3 is 0 Å². The van der Waals surface area contributed by atoms with Gasteiger partial charge in [0.05, 0.1) is 10.6 Å². The van der Waals surface area contributed by atoms with Crippen molar-refractivity contribution < 1.29 is 13.2 Å². The molecule has 138 valence electrons. The van der Waals surface area contributed by atoms with Crippen LogP contribution in [0.5, 0.6) is 0 Å². The van der Waals surface area contributed by atoms with Crippen molar-refractivity contribution in [3.8, 4) is 0 Å². The lowest BCUT2D eigenvalue weighted by Crippen LogP contribution is -2.21. The van der Waals surface area contributed by atoms with E-state index in [1.807, 2.05) is 0 Å². The van der Waals surface area contributed by atoms with Gasteiger partial charge in [0.2, 0.25) is 5.95 Å².